The average molecular weight is 598 g/mol. The Morgan fingerprint density at radius 3 is 2.55 bits per heavy atom. The van der Waals surface area contributed by atoms with Crippen molar-refractivity contribution in [3.63, 3.8) is 0 Å². The van der Waals surface area contributed by atoms with E-state index in [-0.39, 0.29) is 18.1 Å². The number of para-hydroxylation sites is 1. The number of rotatable bonds is 9. The third-order valence-corrected chi connectivity index (χ3v) is 8.94. The smallest absolute Gasteiger partial charge is 0.258 e. The molecule has 1 saturated heterocycles. The van der Waals surface area contributed by atoms with Crippen LogP contribution in [-0.4, -0.2) is 102 Å². The fourth-order valence-corrected chi connectivity index (χ4v) is 6.37. The third kappa shape index (κ3) is 6.57. The number of likely N-dealkylation sites (N-methyl/N-ethyl adjacent to an activating group) is 1. The molecule has 0 unspecified atom stereocenters. The highest BCUT2D eigenvalue weighted by molar-refractivity contribution is 6.04. The van der Waals surface area contributed by atoms with E-state index in [2.05, 4.69) is 61.9 Å². The Balaban J connectivity index is 1.27. The lowest BCUT2D eigenvalue weighted by molar-refractivity contribution is 0.102. The van der Waals surface area contributed by atoms with Gasteiger partial charge in [-0.25, -0.2) is 4.98 Å². The van der Waals surface area contributed by atoms with Crippen LogP contribution in [0.15, 0.2) is 60.8 Å². The first-order valence-electron chi connectivity index (χ1n) is 15.6. The number of imidazole rings is 1. The van der Waals surface area contributed by atoms with Crippen molar-refractivity contribution in [3.8, 4) is 17.0 Å². The Labute approximate surface area is 259 Å². The molecule has 1 saturated carbocycles. The van der Waals surface area contributed by atoms with Crippen molar-refractivity contribution in [2.24, 2.45) is 0 Å². The van der Waals surface area contributed by atoms with Crippen molar-refractivity contribution in [1.29, 1.82) is 0 Å². The quantitative estimate of drug-likeness (QED) is 0.291. The molecular formula is C34H43N7O3. The van der Waals surface area contributed by atoms with Crippen molar-refractivity contribution in [1.82, 2.24) is 24.3 Å². The minimum absolute atomic E-state index is 0.137. The van der Waals surface area contributed by atoms with Gasteiger partial charge in [0.25, 0.3) is 5.91 Å². The number of carbonyl (C=O) groups excluding carboxylic acids is 1. The molecule has 0 radical (unpaired) electrons. The second-order valence-electron chi connectivity index (χ2n) is 12.2. The number of nitrogens with one attached hydrogen (secondary N) is 1. The molecule has 2 fully saturated rings. The standard InChI is InChI=1S/C34H43N7O3/c1-38(2)16-17-39-18-20-40(21-19-39)26-10-13-29-31(23-26)41(25-8-11-27(42)12-9-25)34(36-29)37-33(43)24-14-15-35-30(22-24)28-6-4-5-7-32(28)44-3/h4-7,10,13-15,22-23,25,27,42H,8-9,11-12,16-21H2,1-3H3,(H,36,37,43). The van der Waals surface area contributed by atoms with E-state index in [4.69, 9.17) is 9.72 Å². The van der Waals surface area contributed by atoms with E-state index in [9.17, 15) is 9.90 Å². The molecule has 1 aliphatic carbocycles. The molecule has 2 N–H and O–H groups in total. The highest BCUT2D eigenvalue weighted by atomic mass is 16.5. The first-order valence-corrected chi connectivity index (χ1v) is 15.6. The van der Waals surface area contributed by atoms with Gasteiger partial charge in [-0.05, 0) is 82.2 Å². The van der Waals surface area contributed by atoms with Crippen LogP contribution in [0.3, 0.4) is 0 Å². The number of anilines is 2. The van der Waals surface area contributed by atoms with Gasteiger partial charge in [-0.3, -0.25) is 20.0 Å². The summed E-state index contributed by atoms with van der Waals surface area (Å²) in [5.41, 5.74) is 5.02. The van der Waals surface area contributed by atoms with Gasteiger partial charge < -0.3 is 24.2 Å². The van der Waals surface area contributed by atoms with Crippen LogP contribution in [0.1, 0.15) is 42.1 Å². The number of benzene rings is 2. The topological polar surface area (TPSA) is 99.0 Å². The Bertz CT molecular complexity index is 1590. The van der Waals surface area contributed by atoms with Crippen LogP contribution in [0.5, 0.6) is 5.75 Å². The third-order valence-electron chi connectivity index (χ3n) is 8.94. The van der Waals surface area contributed by atoms with Crippen molar-refractivity contribution in [3.05, 3.63) is 66.4 Å². The zero-order chi connectivity index (χ0) is 30.6. The number of fused-ring (bicyclic) bond motifs is 1. The molecular weight excluding hydrogens is 554 g/mol. The van der Waals surface area contributed by atoms with Gasteiger partial charge in [0, 0.05) is 68.3 Å². The predicted molar refractivity (Wildman–Crippen MR) is 175 cm³/mol. The lowest BCUT2D eigenvalue weighted by Gasteiger charge is -2.36. The van der Waals surface area contributed by atoms with Crippen molar-refractivity contribution >= 4 is 28.6 Å². The SMILES string of the molecule is COc1ccccc1-c1cc(C(=O)Nc2nc3ccc(N4CCN(CCN(C)C)CC4)cc3n2C2CCC(O)CC2)ccn1. The van der Waals surface area contributed by atoms with Crippen LogP contribution in [0.25, 0.3) is 22.3 Å². The normalized spacial score (nSPS) is 19.4. The molecule has 0 spiro atoms. The van der Waals surface area contributed by atoms with Gasteiger partial charge in [-0.2, -0.15) is 0 Å². The molecule has 4 aromatic rings. The first kappa shape index (κ1) is 30.1. The van der Waals surface area contributed by atoms with Crippen LogP contribution in [0.2, 0.25) is 0 Å². The second-order valence-corrected chi connectivity index (χ2v) is 12.2. The van der Waals surface area contributed by atoms with Crippen LogP contribution < -0.4 is 15.0 Å². The molecule has 3 heterocycles. The van der Waals surface area contributed by atoms with Gasteiger partial charge in [0.15, 0.2) is 0 Å². The number of piperazine rings is 1. The van der Waals surface area contributed by atoms with Gasteiger partial charge in [0.05, 0.1) is 29.9 Å². The summed E-state index contributed by atoms with van der Waals surface area (Å²) in [7, 11) is 5.87. The number of aromatic nitrogens is 3. The number of aliphatic hydroxyl groups is 1. The summed E-state index contributed by atoms with van der Waals surface area (Å²) in [6.45, 7) is 6.18. The van der Waals surface area contributed by atoms with E-state index in [0.717, 1.165) is 81.5 Å². The summed E-state index contributed by atoms with van der Waals surface area (Å²) in [5, 5.41) is 13.4. The molecule has 1 aliphatic heterocycles. The summed E-state index contributed by atoms with van der Waals surface area (Å²) in [6, 6.07) is 17.7. The molecule has 2 aliphatic rings. The molecule has 10 heteroatoms. The lowest BCUT2D eigenvalue weighted by Crippen LogP contribution is -2.48. The Morgan fingerprint density at radius 2 is 1.80 bits per heavy atom. The number of nitrogens with zero attached hydrogens (tertiary/aromatic N) is 6. The van der Waals surface area contributed by atoms with Crippen LogP contribution in [0, 0.1) is 0 Å². The zero-order valence-corrected chi connectivity index (χ0v) is 25.9. The van der Waals surface area contributed by atoms with Crippen LogP contribution >= 0.6 is 0 Å². The van der Waals surface area contributed by atoms with Crippen molar-refractivity contribution < 1.29 is 14.6 Å². The molecule has 0 bridgehead atoms. The van der Waals surface area contributed by atoms with Crippen LogP contribution in [0.4, 0.5) is 11.6 Å². The summed E-state index contributed by atoms with van der Waals surface area (Å²) < 4.78 is 7.71. The maximum absolute atomic E-state index is 13.7. The van der Waals surface area contributed by atoms with Crippen molar-refractivity contribution in [2.75, 3.05) is 70.7 Å². The number of carbonyl (C=O) groups is 1. The Kier molecular flexibility index (Phi) is 9.11. The number of hydrogen-bond acceptors (Lipinski definition) is 8. The van der Waals surface area contributed by atoms with E-state index in [1.807, 2.05) is 24.3 Å². The predicted octanol–water partition coefficient (Wildman–Crippen LogP) is 4.52. The van der Waals surface area contributed by atoms with E-state index in [0.29, 0.717) is 23.0 Å². The maximum Gasteiger partial charge on any atom is 0.258 e. The fourth-order valence-electron chi connectivity index (χ4n) is 6.37. The minimum atomic E-state index is -0.274. The van der Waals surface area contributed by atoms with Gasteiger partial charge in [0.1, 0.15) is 5.75 Å². The lowest BCUT2D eigenvalue weighted by atomic mass is 9.93. The number of ether oxygens (including phenoxy) is 1. The van der Waals surface area contributed by atoms with Gasteiger partial charge in [-0.1, -0.05) is 12.1 Å². The molecule has 0 atom stereocenters. The van der Waals surface area contributed by atoms with Gasteiger partial charge >= 0.3 is 0 Å². The average Bonchev–Trinajstić information content (AvgIpc) is 3.41. The minimum Gasteiger partial charge on any atom is -0.496 e. The zero-order valence-electron chi connectivity index (χ0n) is 25.9. The Morgan fingerprint density at radius 1 is 1.02 bits per heavy atom. The van der Waals surface area contributed by atoms with Gasteiger partial charge in [0.2, 0.25) is 5.95 Å². The number of methoxy groups -OCH3 is 1. The summed E-state index contributed by atoms with van der Waals surface area (Å²) in [6.07, 6.45) is 4.50. The van der Waals surface area contributed by atoms with E-state index < -0.39 is 0 Å². The highest BCUT2D eigenvalue weighted by Gasteiger charge is 2.27. The van der Waals surface area contributed by atoms with Crippen LogP contribution in [-0.2, 0) is 0 Å². The van der Waals surface area contributed by atoms with E-state index >= 15 is 0 Å². The molecule has 1 amide bonds. The van der Waals surface area contributed by atoms with Crippen molar-refractivity contribution in [2.45, 2.75) is 37.8 Å². The fraction of sp³-hybridized carbons (Fsp3) is 0.441. The monoisotopic (exact) mass is 597 g/mol. The second kappa shape index (κ2) is 13.3. The summed E-state index contributed by atoms with van der Waals surface area (Å²) in [5.74, 6) is 0.988. The molecule has 232 valence electrons. The van der Waals surface area contributed by atoms with Gasteiger partial charge in [-0.15, -0.1) is 0 Å². The number of pyridine rings is 1. The first-order chi connectivity index (χ1) is 21.4. The maximum atomic E-state index is 13.7. The number of amides is 1. The van der Waals surface area contributed by atoms with E-state index in [1.54, 1.807) is 25.4 Å². The number of aliphatic hydroxyl groups excluding tert-OH is 1. The number of hydrogen-bond donors (Lipinski definition) is 2. The largest absolute Gasteiger partial charge is 0.496 e. The Hall–Kier alpha value is -3.99. The summed E-state index contributed by atoms with van der Waals surface area (Å²) >= 11 is 0. The molecule has 44 heavy (non-hydrogen) atoms. The highest BCUT2D eigenvalue weighted by Crippen LogP contribution is 2.36. The van der Waals surface area contributed by atoms with E-state index in [1.165, 1.54) is 5.69 Å². The molecule has 6 rings (SSSR count). The summed E-state index contributed by atoms with van der Waals surface area (Å²) in [4.78, 5) is 30.3. The molecule has 10 nitrogen and oxygen atoms in total. The molecule has 2 aromatic heterocycles. The molecule has 2 aromatic carbocycles.